The highest BCUT2D eigenvalue weighted by atomic mass is 32.2. The maximum absolute atomic E-state index is 8.70. The molecule has 0 fully saturated rings. The molecular formula is C16H24N2OS. The lowest BCUT2D eigenvalue weighted by Gasteiger charge is -2.17. The summed E-state index contributed by atoms with van der Waals surface area (Å²) < 4.78 is 5.64. The van der Waals surface area contributed by atoms with Crippen molar-refractivity contribution >= 4 is 11.8 Å². The highest BCUT2D eigenvalue weighted by Crippen LogP contribution is 2.12. The third-order valence-electron chi connectivity index (χ3n) is 3.13. The van der Waals surface area contributed by atoms with E-state index in [9.17, 15) is 0 Å². The van der Waals surface area contributed by atoms with E-state index in [0.717, 1.165) is 37.6 Å². The minimum Gasteiger partial charge on any atom is -0.494 e. The van der Waals surface area contributed by atoms with Crippen molar-refractivity contribution in [3.8, 4) is 11.8 Å². The fourth-order valence-corrected chi connectivity index (χ4v) is 2.73. The van der Waals surface area contributed by atoms with Crippen LogP contribution in [0.3, 0.4) is 0 Å². The van der Waals surface area contributed by atoms with Gasteiger partial charge in [-0.25, -0.2) is 0 Å². The van der Waals surface area contributed by atoms with E-state index < -0.39 is 0 Å². The Morgan fingerprint density at radius 2 is 1.85 bits per heavy atom. The van der Waals surface area contributed by atoms with Gasteiger partial charge >= 0.3 is 0 Å². The molecule has 1 rings (SSSR count). The molecule has 4 heteroatoms. The smallest absolute Gasteiger partial charge is 0.119 e. The van der Waals surface area contributed by atoms with Crippen molar-refractivity contribution in [1.29, 1.82) is 5.26 Å². The van der Waals surface area contributed by atoms with Gasteiger partial charge in [0.1, 0.15) is 5.75 Å². The van der Waals surface area contributed by atoms with Gasteiger partial charge in [-0.15, -0.1) is 0 Å². The van der Waals surface area contributed by atoms with Crippen LogP contribution in [0.4, 0.5) is 0 Å². The van der Waals surface area contributed by atoms with E-state index in [1.165, 1.54) is 12.3 Å². The van der Waals surface area contributed by atoms with E-state index >= 15 is 0 Å². The highest BCUT2D eigenvalue weighted by Gasteiger charge is 1.99. The molecule has 3 nitrogen and oxygen atoms in total. The van der Waals surface area contributed by atoms with Crippen molar-refractivity contribution in [2.24, 2.45) is 0 Å². The van der Waals surface area contributed by atoms with Gasteiger partial charge in [-0.3, -0.25) is 0 Å². The minimum atomic E-state index is 0.671. The van der Waals surface area contributed by atoms with Gasteiger partial charge in [0.2, 0.25) is 0 Å². The average Bonchev–Trinajstić information content (AvgIpc) is 2.51. The number of nitriles is 1. The second kappa shape index (κ2) is 10.6. The van der Waals surface area contributed by atoms with Crippen LogP contribution in [0.2, 0.25) is 0 Å². The summed E-state index contributed by atoms with van der Waals surface area (Å²) in [6, 6.07) is 9.38. The summed E-state index contributed by atoms with van der Waals surface area (Å²) in [7, 11) is 0. The largest absolute Gasteiger partial charge is 0.494 e. The van der Waals surface area contributed by atoms with Crippen molar-refractivity contribution in [3.05, 3.63) is 29.8 Å². The molecule has 0 aliphatic heterocycles. The summed E-state index contributed by atoms with van der Waals surface area (Å²) in [5.74, 6) is 3.17. The lowest BCUT2D eigenvalue weighted by molar-refractivity contribution is 0.318. The summed E-state index contributed by atoms with van der Waals surface area (Å²) in [5, 5.41) is 8.70. The van der Waals surface area contributed by atoms with Crippen LogP contribution in [0.5, 0.6) is 5.75 Å². The van der Waals surface area contributed by atoms with Gasteiger partial charge in [-0.05, 0) is 49.5 Å². The topological polar surface area (TPSA) is 36.3 Å². The molecule has 0 aromatic heterocycles. The number of benzene rings is 1. The van der Waals surface area contributed by atoms with E-state index in [2.05, 4.69) is 24.8 Å². The third-order valence-corrected chi connectivity index (χ3v) is 4.18. The predicted molar refractivity (Wildman–Crippen MR) is 86.4 cm³/mol. The molecule has 0 aliphatic rings. The summed E-state index contributed by atoms with van der Waals surface area (Å²) in [4.78, 5) is 2.44. The molecule has 20 heavy (non-hydrogen) atoms. The highest BCUT2D eigenvalue weighted by molar-refractivity contribution is 7.99. The van der Waals surface area contributed by atoms with Gasteiger partial charge in [0.15, 0.2) is 0 Å². The van der Waals surface area contributed by atoms with E-state index in [0.29, 0.717) is 5.56 Å². The van der Waals surface area contributed by atoms with E-state index in [1.807, 2.05) is 23.9 Å². The lowest BCUT2D eigenvalue weighted by Crippen LogP contribution is -2.25. The zero-order chi connectivity index (χ0) is 14.6. The van der Waals surface area contributed by atoms with Crippen molar-refractivity contribution in [1.82, 2.24) is 4.90 Å². The molecule has 0 saturated carbocycles. The summed E-state index contributed by atoms with van der Waals surface area (Å²) in [5.41, 5.74) is 0.671. The Morgan fingerprint density at radius 1 is 1.15 bits per heavy atom. The predicted octanol–water partition coefficient (Wildman–Crippen LogP) is 3.40. The van der Waals surface area contributed by atoms with Crippen LogP contribution in [-0.2, 0) is 0 Å². The van der Waals surface area contributed by atoms with Crippen molar-refractivity contribution in [3.63, 3.8) is 0 Å². The van der Waals surface area contributed by atoms with Gasteiger partial charge in [0.25, 0.3) is 0 Å². The normalized spacial score (nSPS) is 10.5. The first-order chi connectivity index (χ1) is 9.80. The zero-order valence-electron chi connectivity index (χ0n) is 12.5. The Morgan fingerprint density at radius 3 is 2.45 bits per heavy atom. The SMILES string of the molecule is CCN(CC)CCSCCCOc1ccc(C#N)cc1. The molecule has 0 unspecified atom stereocenters. The molecular weight excluding hydrogens is 268 g/mol. The van der Waals surface area contributed by atoms with Gasteiger partial charge in [0, 0.05) is 12.3 Å². The number of rotatable bonds is 10. The fourth-order valence-electron chi connectivity index (χ4n) is 1.81. The average molecular weight is 292 g/mol. The van der Waals surface area contributed by atoms with Gasteiger partial charge < -0.3 is 9.64 Å². The van der Waals surface area contributed by atoms with Crippen LogP contribution >= 0.6 is 11.8 Å². The first kappa shape index (κ1) is 16.9. The Labute approximate surface area is 126 Å². The maximum Gasteiger partial charge on any atom is 0.119 e. The summed E-state index contributed by atoms with van der Waals surface area (Å²) >= 11 is 1.99. The van der Waals surface area contributed by atoms with Crippen LogP contribution in [-0.4, -0.2) is 42.6 Å². The molecule has 0 saturated heterocycles. The first-order valence-corrected chi connectivity index (χ1v) is 8.38. The molecule has 0 amide bonds. The molecule has 110 valence electrons. The molecule has 0 spiro atoms. The maximum atomic E-state index is 8.70. The summed E-state index contributed by atoms with van der Waals surface area (Å²) in [6.45, 7) is 8.61. The molecule has 1 aromatic carbocycles. The second-order valence-corrected chi connectivity index (χ2v) is 5.70. The van der Waals surface area contributed by atoms with E-state index in [-0.39, 0.29) is 0 Å². The number of hydrogen-bond acceptors (Lipinski definition) is 4. The van der Waals surface area contributed by atoms with Crippen molar-refractivity contribution in [2.75, 3.05) is 37.7 Å². The van der Waals surface area contributed by atoms with E-state index in [1.54, 1.807) is 12.1 Å². The quantitative estimate of drug-likeness (QED) is 0.619. The number of ether oxygens (including phenoxy) is 1. The fraction of sp³-hybridized carbons (Fsp3) is 0.562. The molecule has 0 atom stereocenters. The van der Waals surface area contributed by atoms with Crippen LogP contribution in [0, 0.1) is 11.3 Å². The number of nitrogens with zero attached hydrogens (tertiary/aromatic N) is 2. The standard InChI is InChI=1S/C16H24N2OS/c1-3-18(4-2)10-13-20-12-5-11-19-16-8-6-15(14-17)7-9-16/h6-9H,3-5,10-13H2,1-2H3. The zero-order valence-corrected chi connectivity index (χ0v) is 13.3. The first-order valence-electron chi connectivity index (χ1n) is 7.23. The molecule has 0 N–H and O–H groups in total. The Kier molecular flexibility index (Phi) is 8.93. The van der Waals surface area contributed by atoms with E-state index in [4.69, 9.17) is 10.00 Å². The number of hydrogen-bond donors (Lipinski definition) is 0. The molecule has 0 radical (unpaired) electrons. The van der Waals surface area contributed by atoms with Crippen molar-refractivity contribution < 1.29 is 4.74 Å². The minimum absolute atomic E-state index is 0.671. The molecule has 0 aliphatic carbocycles. The summed E-state index contributed by atoms with van der Waals surface area (Å²) in [6.07, 6.45) is 1.06. The van der Waals surface area contributed by atoms with Gasteiger partial charge in [0.05, 0.1) is 18.2 Å². The molecule has 0 heterocycles. The monoisotopic (exact) mass is 292 g/mol. The Balaban J connectivity index is 2.03. The van der Waals surface area contributed by atoms with Crippen LogP contribution in [0.15, 0.2) is 24.3 Å². The Hall–Kier alpha value is -1.18. The van der Waals surface area contributed by atoms with Crippen LogP contribution < -0.4 is 4.74 Å². The van der Waals surface area contributed by atoms with Crippen LogP contribution in [0.1, 0.15) is 25.8 Å². The molecule has 1 aromatic rings. The number of thioether (sulfide) groups is 1. The van der Waals surface area contributed by atoms with Gasteiger partial charge in [-0.2, -0.15) is 17.0 Å². The van der Waals surface area contributed by atoms with Gasteiger partial charge in [-0.1, -0.05) is 13.8 Å². The third kappa shape index (κ3) is 6.83. The van der Waals surface area contributed by atoms with Crippen molar-refractivity contribution in [2.45, 2.75) is 20.3 Å². The van der Waals surface area contributed by atoms with Crippen LogP contribution in [0.25, 0.3) is 0 Å². The second-order valence-electron chi connectivity index (χ2n) is 4.48. The lowest BCUT2D eigenvalue weighted by atomic mass is 10.2. The molecule has 0 bridgehead atoms. The Bertz CT molecular complexity index is 396.